The maximum absolute atomic E-state index is 13.0. The third-order valence-corrected chi connectivity index (χ3v) is 5.56. The van der Waals surface area contributed by atoms with Gasteiger partial charge in [-0.3, -0.25) is 9.59 Å². The fourth-order valence-corrected chi connectivity index (χ4v) is 4.14. The average Bonchev–Trinajstić information content (AvgIpc) is 2.98. The van der Waals surface area contributed by atoms with Crippen LogP contribution in [0.3, 0.4) is 0 Å². The molecule has 0 saturated carbocycles. The number of rotatable bonds is 7. The van der Waals surface area contributed by atoms with Crippen LogP contribution in [0, 0.1) is 0 Å². The number of para-hydroxylation sites is 2. The van der Waals surface area contributed by atoms with Crippen molar-refractivity contribution in [1.29, 1.82) is 0 Å². The largest absolute Gasteiger partial charge is 0.495 e. The molecule has 0 atom stereocenters. The van der Waals surface area contributed by atoms with Gasteiger partial charge in [-0.25, -0.2) is 4.90 Å². The fraction of sp³-hybridized carbons (Fsp3) is 0.238. The summed E-state index contributed by atoms with van der Waals surface area (Å²) >= 11 is 4.36. The SMILES string of the molecule is CCOc1cc(OCC)c(C=C2SC(=O)N(c3ccccc3OC)C2=O)cc1Br. The minimum Gasteiger partial charge on any atom is -0.495 e. The molecule has 0 radical (unpaired) electrons. The first-order valence-electron chi connectivity index (χ1n) is 9.00. The molecule has 2 aromatic rings. The number of hydrogen-bond donors (Lipinski definition) is 0. The number of benzene rings is 2. The topological polar surface area (TPSA) is 65.1 Å². The number of halogens is 1. The van der Waals surface area contributed by atoms with E-state index in [0.29, 0.717) is 46.6 Å². The molecule has 8 heteroatoms. The summed E-state index contributed by atoms with van der Waals surface area (Å²) in [6.07, 6.45) is 1.66. The van der Waals surface area contributed by atoms with Crippen LogP contribution < -0.4 is 19.1 Å². The molecule has 1 fully saturated rings. The molecular weight excluding hydrogens is 458 g/mol. The lowest BCUT2D eigenvalue weighted by Gasteiger charge is -2.16. The van der Waals surface area contributed by atoms with Crippen LogP contribution in [-0.2, 0) is 4.79 Å². The Hall–Kier alpha value is -2.45. The molecule has 0 N–H and O–H groups in total. The van der Waals surface area contributed by atoms with E-state index in [9.17, 15) is 9.59 Å². The number of carbonyl (C=O) groups is 2. The molecule has 152 valence electrons. The van der Waals surface area contributed by atoms with Gasteiger partial charge in [-0.1, -0.05) is 12.1 Å². The first-order valence-corrected chi connectivity index (χ1v) is 10.6. The first-order chi connectivity index (χ1) is 14.0. The van der Waals surface area contributed by atoms with Crippen LogP contribution in [0.5, 0.6) is 17.2 Å². The number of ether oxygens (including phenoxy) is 3. The van der Waals surface area contributed by atoms with Crippen molar-refractivity contribution < 1.29 is 23.8 Å². The van der Waals surface area contributed by atoms with Crippen molar-refractivity contribution in [2.75, 3.05) is 25.2 Å². The van der Waals surface area contributed by atoms with Gasteiger partial charge in [-0.2, -0.15) is 0 Å². The number of anilines is 1. The van der Waals surface area contributed by atoms with Crippen molar-refractivity contribution in [3.05, 3.63) is 51.3 Å². The molecule has 6 nitrogen and oxygen atoms in total. The Morgan fingerprint density at radius 2 is 1.72 bits per heavy atom. The molecule has 1 heterocycles. The fourth-order valence-electron chi connectivity index (χ4n) is 2.84. The predicted octanol–water partition coefficient (Wildman–Crippen LogP) is 5.50. The normalized spacial score (nSPS) is 15.2. The molecule has 2 aromatic carbocycles. The van der Waals surface area contributed by atoms with E-state index in [4.69, 9.17) is 14.2 Å². The van der Waals surface area contributed by atoms with E-state index in [2.05, 4.69) is 15.9 Å². The van der Waals surface area contributed by atoms with Crippen LogP contribution in [0.25, 0.3) is 6.08 Å². The summed E-state index contributed by atoms with van der Waals surface area (Å²) < 4.78 is 17.3. The quantitative estimate of drug-likeness (QED) is 0.490. The molecular formula is C21H20BrNO5S. The van der Waals surface area contributed by atoms with Crippen LogP contribution in [0.1, 0.15) is 19.4 Å². The van der Waals surface area contributed by atoms with Gasteiger partial charge < -0.3 is 14.2 Å². The highest BCUT2D eigenvalue weighted by Gasteiger charge is 2.37. The Bertz CT molecular complexity index is 976. The van der Waals surface area contributed by atoms with Crippen molar-refractivity contribution in [2.24, 2.45) is 0 Å². The third kappa shape index (κ3) is 4.43. The van der Waals surface area contributed by atoms with E-state index >= 15 is 0 Å². The van der Waals surface area contributed by atoms with Gasteiger partial charge >= 0.3 is 0 Å². The molecule has 0 aromatic heterocycles. The summed E-state index contributed by atoms with van der Waals surface area (Å²) in [7, 11) is 1.50. The van der Waals surface area contributed by atoms with Crippen molar-refractivity contribution in [2.45, 2.75) is 13.8 Å². The number of carbonyl (C=O) groups excluding carboxylic acids is 2. The lowest BCUT2D eigenvalue weighted by molar-refractivity contribution is -0.113. The summed E-state index contributed by atoms with van der Waals surface area (Å²) in [6, 6.07) is 10.5. The standard InChI is InChI=1S/C21H20BrNO5S/c1-4-27-17-12-18(28-5-2)14(22)10-13(17)11-19-20(24)23(21(25)29-19)15-8-6-7-9-16(15)26-3/h6-12H,4-5H2,1-3H3. The summed E-state index contributed by atoms with van der Waals surface area (Å²) in [5.41, 5.74) is 1.09. The second kappa shape index (κ2) is 9.37. The Labute approximate surface area is 181 Å². The van der Waals surface area contributed by atoms with E-state index in [0.717, 1.165) is 21.1 Å². The Kier molecular flexibility index (Phi) is 6.87. The molecule has 1 aliphatic heterocycles. The highest BCUT2D eigenvalue weighted by atomic mass is 79.9. The van der Waals surface area contributed by atoms with Crippen molar-refractivity contribution in [1.82, 2.24) is 0 Å². The van der Waals surface area contributed by atoms with Crippen LogP contribution in [0.4, 0.5) is 10.5 Å². The minimum atomic E-state index is -0.406. The van der Waals surface area contributed by atoms with E-state index in [-0.39, 0.29) is 5.24 Å². The third-order valence-electron chi connectivity index (χ3n) is 4.07. The molecule has 1 saturated heterocycles. The van der Waals surface area contributed by atoms with Gasteiger partial charge in [0.25, 0.3) is 11.1 Å². The number of methoxy groups -OCH3 is 1. The maximum atomic E-state index is 13.0. The van der Waals surface area contributed by atoms with Gasteiger partial charge in [0.15, 0.2) is 0 Å². The summed E-state index contributed by atoms with van der Waals surface area (Å²) in [5.74, 6) is 1.27. The zero-order valence-corrected chi connectivity index (χ0v) is 18.6. The Balaban J connectivity index is 2.00. The zero-order chi connectivity index (χ0) is 21.0. The van der Waals surface area contributed by atoms with Crippen LogP contribution in [0.15, 0.2) is 45.8 Å². The van der Waals surface area contributed by atoms with Crippen molar-refractivity contribution in [3.8, 4) is 17.2 Å². The maximum Gasteiger partial charge on any atom is 0.298 e. The number of nitrogens with zero attached hydrogens (tertiary/aromatic N) is 1. The predicted molar refractivity (Wildman–Crippen MR) is 118 cm³/mol. The lowest BCUT2D eigenvalue weighted by Crippen LogP contribution is -2.28. The Morgan fingerprint density at radius 3 is 2.41 bits per heavy atom. The van der Waals surface area contributed by atoms with Crippen molar-refractivity contribution >= 4 is 50.6 Å². The molecule has 1 aliphatic rings. The molecule has 0 bridgehead atoms. The van der Waals surface area contributed by atoms with Crippen LogP contribution >= 0.6 is 27.7 Å². The lowest BCUT2D eigenvalue weighted by atomic mass is 10.1. The van der Waals surface area contributed by atoms with Gasteiger partial charge in [-0.15, -0.1) is 0 Å². The highest BCUT2D eigenvalue weighted by molar-refractivity contribution is 9.10. The molecule has 0 spiro atoms. The number of amides is 2. The molecule has 0 unspecified atom stereocenters. The summed E-state index contributed by atoms with van der Waals surface area (Å²) in [5, 5.41) is -0.381. The van der Waals surface area contributed by atoms with Crippen molar-refractivity contribution in [3.63, 3.8) is 0 Å². The molecule has 2 amide bonds. The summed E-state index contributed by atoms with van der Waals surface area (Å²) in [6.45, 7) is 4.74. The average molecular weight is 478 g/mol. The molecule has 0 aliphatic carbocycles. The van der Waals surface area contributed by atoms with Gasteiger partial charge in [0.1, 0.15) is 17.2 Å². The van der Waals surface area contributed by atoms with Crippen LogP contribution in [-0.4, -0.2) is 31.5 Å². The first kappa shape index (κ1) is 21.3. The molecule has 3 rings (SSSR count). The minimum absolute atomic E-state index is 0.304. The van der Waals surface area contributed by atoms with E-state index in [1.807, 2.05) is 19.9 Å². The highest BCUT2D eigenvalue weighted by Crippen LogP contribution is 2.41. The number of imide groups is 1. The monoisotopic (exact) mass is 477 g/mol. The molecule has 29 heavy (non-hydrogen) atoms. The van der Waals surface area contributed by atoms with E-state index < -0.39 is 5.91 Å². The second-order valence-electron chi connectivity index (χ2n) is 5.88. The second-order valence-corrected chi connectivity index (χ2v) is 7.72. The van der Waals surface area contributed by atoms with Gasteiger partial charge in [0, 0.05) is 11.6 Å². The zero-order valence-electron chi connectivity index (χ0n) is 16.2. The number of thioether (sulfide) groups is 1. The van der Waals surface area contributed by atoms with Crippen LogP contribution in [0.2, 0.25) is 0 Å². The van der Waals surface area contributed by atoms with E-state index in [1.54, 1.807) is 36.4 Å². The Morgan fingerprint density at radius 1 is 1.03 bits per heavy atom. The smallest absolute Gasteiger partial charge is 0.298 e. The van der Waals surface area contributed by atoms with Gasteiger partial charge in [-0.05, 0) is 65.8 Å². The van der Waals surface area contributed by atoms with E-state index in [1.165, 1.54) is 7.11 Å². The summed E-state index contributed by atoms with van der Waals surface area (Å²) in [4.78, 5) is 27.0. The number of hydrogen-bond acceptors (Lipinski definition) is 6. The van der Waals surface area contributed by atoms with Gasteiger partial charge in [0.2, 0.25) is 0 Å². The van der Waals surface area contributed by atoms with Gasteiger partial charge in [0.05, 0.1) is 35.4 Å².